The molecule has 0 amide bonds. The minimum Gasteiger partial charge on any atom is -0.469 e. The number of hydrogen-bond acceptors (Lipinski definition) is 3. The summed E-state index contributed by atoms with van der Waals surface area (Å²) in [5.41, 5.74) is 3.49. The summed E-state index contributed by atoms with van der Waals surface area (Å²) in [5, 5.41) is 11.3. The first-order valence-corrected chi connectivity index (χ1v) is 9.34. The topological polar surface area (TPSA) is 67.4 Å². The molecule has 0 spiro atoms. The third-order valence-electron chi connectivity index (χ3n) is 4.28. The molecule has 0 fully saturated rings. The number of nitrogens with one attached hydrogen (secondary N) is 2. The highest BCUT2D eigenvalue weighted by molar-refractivity contribution is 5.79. The molecule has 6 nitrogen and oxygen atoms in total. The van der Waals surface area contributed by atoms with Crippen molar-refractivity contribution in [1.29, 1.82) is 0 Å². The number of aliphatic imine (C=N–C) groups is 1. The molecule has 6 heteroatoms. The van der Waals surface area contributed by atoms with Gasteiger partial charge in [0.05, 0.1) is 18.5 Å². The maximum atomic E-state index is 5.40. The van der Waals surface area contributed by atoms with Crippen LogP contribution in [0.15, 0.2) is 64.3 Å². The second kappa shape index (κ2) is 9.62. The van der Waals surface area contributed by atoms with E-state index in [1.807, 2.05) is 42.1 Å². The van der Waals surface area contributed by atoms with Gasteiger partial charge in [0.25, 0.3) is 0 Å². The highest BCUT2D eigenvalue weighted by Gasteiger charge is 2.07. The summed E-state index contributed by atoms with van der Waals surface area (Å²) in [5.74, 6) is 1.75. The summed E-state index contributed by atoms with van der Waals surface area (Å²) in [4.78, 5) is 4.73. The zero-order valence-electron chi connectivity index (χ0n) is 16.0. The predicted octanol–water partition coefficient (Wildman–Crippen LogP) is 3.05. The van der Waals surface area contributed by atoms with E-state index in [4.69, 9.17) is 9.41 Å². The van der Waals surface area contributed by atoms with Gasteiger partial charge in [-0.2, -0.15) is 5.10 Å². The Labute approximate surface area is 160 Å². The van der Waals surface area contributed by atoms with Crippen LogP contribution in [0.25, 0.3) is 0 Å². The SMILES string of the molecule is CCc1nn(C)cc1CNC(=NCc1ccccc1)NCCc1ccco1. The molecule has 2 N–H and O–H groups in total. The van der Waals surface area contributed by atoms with Crippen LogP contribution in [0.3, 0.4) is 0 Å². The first-order valence-electron chi connectivity index (χ1n) is 9.34. The molecular weight excluding hydrogens is 338 g/mol. The Bertz CT molecular complexity index is 837. The molecule has 3 rings (SSSR count). The number of hydrogen-bond donors (Lipinski definition) is 2. The van der Waals surface area contributed by atoms with Crippen molar-refractivity contribution < 1.29 is 4.42 Å². The molecule has 0 radical (unpaired) electrons. The van der Waals surface area contributed by atoms with Crippen molar-refractivity contribution in [3.05, 3.63) is 77.5 Å². The number of rotatable bonds is 8. The van der Waals surface area contributed by atoms with E-state index in [2.05, 4.69) is 41.0 Å². The lowest BCUT2D eigenvalue weighted by molar-refractivity contribution is 0.506. The van der Waals surface area contributed by atoms with Gasteiger partial charge in [0.15, 0.2) is 5.96 Å². The minimum absolute atomic E-state index is 0.630. The maximum absolute atomic E-state index is 5.40. The fourth-order valence-corrected chi connectivity index (χ4v) is 2.89. The zero-order valence-corrected chi connectivity index (χ0v) is 16.0. The van der Waals surface area contributed by atoms with Crippen LogP contribution in [-0.4, -0.2) is 22.3 Å². The Kier molecular flexibility index (Phi) is 6.68. The number of aryl methyl sites for hydroxylation is 2. The van der Waals surface area contributed by atoms with Crippen LogP contribution in [0, 0.1) is 0 Å². The molecular formula is C21H27N5O. The van der Waals surface area contributed by atoms with Gasteiger partial charge in [0, 0.05) is 38.3 Å². The Balaban J connectivity index is 1.62. The third kappa shape index (κ3) is 5.74. The van der Waals surface area contributed by atoms with Gasteiger partial charge in [-0.05, 0) is 24.1 Å². The lowest BCUT2D eigenvalue weighted by Gasteiger charge is -2.12. The van der Waals surface area contributed by atoms with Crippen LogP contribution in [0.5, 0.6) is 0 Å². The lowest BCUT2D eigenvalue weighted by Crippen LogP contribution is -2.38. The largest absolute Gasteiger partial charge is 0.469 e. The smallest absolute Gasteiger partial charge is 0.191 e. The van der Waals surface area contributed by atoms with Crippen molar-refractivity contribution in [3.8, 4) is 0 Å². The summed E-state index contributed by atoms with van der Waals surface area (Å²) in [6, 6.07) is 14.1. The fraction of sp³-hybridized carbons (Fsp3) is 0.333. The molecule has 0 saturated heterocycles. The Morgan fingerprint density at radius 3 is 2.74 bits per heavy atom. The van der Waals surface area contributed by atoms with E-state index in [9.17, 15) is 0 Å². The monoisotopic (exact) mass is 365 g/mol. The highest BCUT2D eigenvalue weighted by atomic mass is 16.3. The standard InChI is InChI=1S/C21H27N5O/c1-3-20-18(16-26(2)25-20)15-24-21(22-12-11-19-10-7-13-27-19)23-14-17-8-5-4-6-9-17/h4-10,13,16H,3,11-12,14-15H2,1-2H3,(H2,22,23,24). The van der Waals surface area contributed by atoms with E-state index >= 15 is 0 Å². The van der Waals surface area contributed by atoms with Crippen molar-refractivity contribution in [1.82, 2.24) is 20.4 Å². The minimum atomic E-state index is 0.630. The molecule has 142 valence electrons. The molecule has 2 aromatic heterocycles. The van der Waals surface area contributed by atoms with Gasteiger partial charge < -0.3 is 15.1 Å². The third-order valence-corrected chi connectivity index (χ3v) is 4.28. The molecule has 0 atom stereocenters. The van der Waals surface area contributed by atoms with Gasteiger partial charge in [-0.3, -0.25) is 4.68 Å². The molecule has 0 unspecified atom stereocenters. The Hall–Kier alpha value is -3.02. The lowest BCUT2D eigenvalue weighted by atomic mass is 10.2. The summed E-state index contributed by atoms with van der Waals surface area (Å²) in [6.07, 6.45) is 5.49. The Morgan fingerprint density at radius 2 is 2.00 bits per heavy atom. The van der Waals surface area contributed by atoms with E-state index in [1.54, 1.807) is 6.26 Å². The first-order chi connectivity index (χ1) is 13.2. The quantitative estimate of drug-likeness (QED) is 0.476. The molecule has 0 aliphatic heterocycles. The second-order valence-corrected chi connectivity index (χ2v) is 6.39. The van der Waals surface area contributed by atoms with Crippen molar-refractivity contribution >= 4 is 5.96 Å². The fourth-order valence-electron chi connectivity index (χ4n) is 2.89. The van der Waals surface area contributed by atoms with Gasteiger partial charge >= 0.3 is 0 Å². The first kappa shape index (κ1) is 18.8. The molecule has 3 aromatic rings. The van der Waals surface area contributed by atoms with Gasteiger partial charge in [-0.1, -0.05) is 37.3 Å². The van der Waals surface area contributed by atoms with E-state index < -0.39 is 0 Å². The summed E-state index contributed by atoms with van der Waals surface area (Å²) < 4.78 is 7.26. The number of nitrogens with zero attached hydrogens (tertiary/aromatic N) is 3. The van der Waals surface area contributed by atoms with Crippen LogP contribution in [0.4, 0.5) is 0 Å². The second-order valence-electron chi connectivity index (χ2n) is 6.39. The van der Waals surface area contributed by atoms with E-state index in [1.165, 1.54) is 11.1 Å². The van der Waals surface area contributed by atoms with Crippen LogP contribution in [-0.2, 0) is 33.0 Å². The molecule has 0 aliphatic carbocycles. The average Bonchev–Trinajstić information content (AvgIpc) is 3.33. The summed E-state index contributed by atoms with van der Waals surface area (Å²) >= 11 is 0. The number of furan rings is 1. The van der Waals surface area contributed by atoms with Crippen molar-refractivity contribution in [2.24, 2.45) is 12.0 Å². The molecule has 27 heavy (non-hydrogen) atoms. The van der Waals surface area contributed by atoms with Crippen LogP contribution >= 0.6 is 0 Å². The van der Waals surface area contributed by atoms with Crippen molar-refractivity contribution in [3.63, 3.8) is 0 Å². The number of guanidine groups is 1. The van der Waals surface area contributed by atoms with Gasteiger partial charge in [-0.15, -0.1) is 0 Å². The summed E-state index contributed by atoms with van der Waals surface area (Å²) in [7, 11) is 1.95. The molecule has 0 bridgehead atoms. The van der Waals surface area contributed by atoms with Crippen LogP contribution in [0.2, 0.25) is 0 Å². The summed E-state index contributed by atoms with van der Waals surface area (Å²) in [6.45, 7) is 4.20. The van der Waals surface area contributed by atoms with Crippen LogP contribution in [0.1, 0.15) is 29.5 Å². The molecule has 0 aliphatic rings. The van der Waals surface area contributed by atoms with E-state index in [0.717, 1.165) is 36.8 Å². The zero-order chi connectivity index (χ0) is 18.9. The van der Waals surface area contributed by atoms with Crippen LogP contribution < -0.4 is 10.6 Å². The Morgan fingerprint density at radius 1 is 1.15 bits per heavy atom. The van der Waals surface area contributed by atoms with Gasteiger partial charge in [0.1, 0.15) is 5.76 Å². The average molecular weight is 365 g/mol. The van der Waals surface area contributed by atoms with Gasteiger partial charge in [-0.25, -0.2) is 4.99 Å². The van der Waals surface area contributed by atoms with E-state index in [-0.39, 0.29) is 0 Å². The van der Waals surface area contributed by atoms with Crippen molar-refractivity contribution in [2.75, 3.05) is 6.54 Å². The van der Waals surface area contributed by atoms with Crippen molar-refractivity contribution in [2.45, 2.75) is 32.9 Å². The molecule has 1 aromatic carbocycles. The number of aromatic nitrogens is 2. The van der Waals surface area contributed by atoms with Gasteiger partial charge in [0.2, 0.25) is 0 Å². The molecule has 0 saturated carbocycles. The highest BCUT2D eigenvalue weighted by Crippen LogP contribution is 2.07. The van der Waals surface area contributed by atoms with E-state index in [0.29, 0.717) is 13.1 Å². The predicted molar refractivity (Wildman–Crippen MR) is 107 cm³/mol. The maximum Gasteiger partial charge on any atom is 0.191 e. The normalized spacial score (nSPS) is 11.6. The number of benzene rings is 1. The molecule has 2 heterocycles.